The molecule has 0 heterocycles. The quantitative estimate of drug-likeness (QED) is 0.0416. The van der Waals surface area contributed by atoms with Crippen LogP contribution in [0.4, 0.5) is 0 Å². The first-order valence-electron chi connectivity index (χ1n) is 14.3. The molecule has 0 aliphatic heterocycles. The number of rotatable bonds is 36. The Morgan fingerprint density at radius 1 is 0.395 bits per heavy atom. The number of ketones is 1. The molecule has 0 aliphatic rings. The molecule has 0 aliphatic carbocycles. The number of aliphatic carboxylic acids is 1. The van der Waals surface area contributed by atoms with E-state index >= 15 is 0 Å². The Labute approximate surface area is 262 Å². The molecule has 0 radical (unpaired) electrons. The van der Waals surface area contributed by atoms with E-state index in [0.717, 1.165) is 5.33 Å². The summed E-state index contributed by atoms with van der Waals surface area (Å²) >= 11 is 3.29. The number of ether oxygens (including phenoxy) is 11. The van der Waals surface area contributed by atoms with Gasteiger partial charge in [0.15, 0.2) is 0 Å². The van der Waals surface area contributed by atoms with Crippen LogP contribution in [-0.2, 0) is 66.5 Å². The predicted octanol–water partition coefficient (Wildman–Crippen LogP) is 0.524. The van der Waals surface area contributed by atoms with E-state index in [0.29, 0.717) is 126 Å². The minimum absolute atomic E-state index is 0.0157. The highest BCUT2D eigenvalue weighted by atomic mass is 79.9. The summed E-state index contributed by atoms with van der Waals surface area (Å²) in [6.07, 6.45) is -0.657. The molecular weight excluding hydrogens is 644 g/mol. The van der Waals surface area contributed by atoms with Gasteiger partial charge in [0, 0.05) is 11.8 Å². The van der Waals surface area contributed by atoms with Crippen molar-refractivity contribution in [2.75, 3.05) is 144 Å². The maximum Gasteiger partial charge on any atom is 0.372 e. The van der Waals surface area contributed by atoms with Crippen LogP contribution in [0.15, 0.2) is 0 Å². The number of carbonyl (C=O) groups is 3. The number of hydrogen-bond acceptors (Lipinski definition) is 14. The molecular formula is C27H49BrO15. The molecule has 15 nitrogen and oxygen atoms in total. The Balaban J connectivity index is 3.12. The summed E-state index contributed by atoms with van der Waals surface area (Å²) in [6.45, 7) is 9.39. The first-order valence-corrected chi connectivity index (χ1v) is 15.4. The second-order valence-electron chi connectivity index (χ2n) is 8.26. The Morgan fingerprint density at radius 3 is 0.907 bits per heavy atom. The number of Topliss-reactive ketones (excluding diaryl/α,β-unsaturated/α-hetero) is 1. The normalized spacial score (nSPS) is 11.2. The molecule has 0 aromatic heterocycles. The summed E-state index contributed by atoms with van der Waals surface area (Å²) in [5.74, 6) is -3.23. The van der Waals surface area contributed by atoms with Gasteiger partial charge in [0.1, 0.15) is 6.61 Å². The van der Waals surface area contributed by atoms with Crippen LogP contribution >= 0.6 is 15.9 Å². The van der Waals surface area contributed by atoms with E-state index in [1.807, 2.05) is 0 Å². The SMILES string of the molecule is O=C(CCC(=O)C(=O)O)OCCOCCOCCOCCOCCOCCOCCOCCOCCOCCOCCBr. The van der Waals surface area contributed by atoms with Crippen molar-refractivity contribution >= 4 is 33.7 Å². The van der Waals surface area contributed by atoms with Crippen LogP contribution < -0.4 is 0 Å². The fraction of sp³-hybridized carbons (Fsp3) is 0.889. The molecule has 0 unspecified atom stereocenters. The van der Waals surface area contributed by atoms with E-state index < -0.39 is 17.7 Å². The summed E-state index contributed by atoms with van der Waals surface area (Å²) in [5, 5.41) is 9.26. The van der Waals surface area contributed by atoms with Crippen LogP contribution in [0.2, 0.25) is 0 Å². The number of alkyl halides is 1. The number of carbonyl (C=O) groups excluding carboxylic acids is 2. The molecule has 0 fully saturated rings. The van der Waals surface area contributed by atoms with E-state index in [9.17, 15) is 14.4 Å². The van der Waals surface area contributed by atoms with Gasteiger partial charge < -0.3 is 57.2 Å². The molecule has 0 saturated carbocycles. The van der Waals surface area contributed by atoms with E-state index in [4.69, 9.17) is 57.2 Å². The zero-order chi connectivity index (χ0) is 31.5. The molecule has 0 bridgehead atoms. The average molecular weight is 694 g/mol. The van der Waals surface area contributed by atoms with Crippen LogP contribution in [0.5, 0.6) is 0 Å². The van der Waals surface area contributed by atoms with E-state index in [-0.39, 0.29) is 26.1 Å². The summed E-state index contributed by atoms with van der Waals surface area (Å²) in [4.78, 5) is 32.6. The van der Waals surface area contributed by atoms with Crippen molar-refractivity contribution in [1.29, 1.82) is 0 Å². The zero-order valence-corrected chi connectivity index (χ0v) is 26.6. The average Bonchev–Trinajstić information content (AvgIpc) is 3.00. The maximum atomic E-state index is 11.3. The second-order valence-corrected chi connectivity index (χ2v) is 9.05. The van der Waals surface area contributed by atoms with Crippen LogP contribution in [0.1, 0.15) is 12.8 Å². The van der Waals surface area contributed by atoms with Gasteiger partial charge in [-0.25, -0.2) is 4.79 Å². The van der Waals surface area contributed by atoms with Gasteiger partial charge in [0.2, 0.25) is 5.78 Å². The third-order valence-electron chi connectivity index (χ3n) is 4.86. The molecule has 43 heavy (non-hydrogen) atoms. The predicted molar refractivity (Wildman–Crippen MR) is 155 cm³/mol. The first-order chi connectivity index (χ1) is 21.1. The summed E-state index contributed by atoms with van der Waals surface area (Å²) in [6, 6.07) is 0. The molecule has 16 heteroatoms. The number of carboxylic acid groups (broad SMARTS) is 1. The van der Waals surface area contributed by atoms with Gasteiger partial charge in [-0.05, 0) is 0 Å². The van der Waals surface area contributed by atoms with E-state index in [1.54, 1.807) is 0 Å². The van der Waals surface area contributed by atoms with Crippen molar-refractivity contribution in [3.8, 4) is 0 Å². The summed E-state index contributed by atoms with van der Waals surface area (Å²) in [7, 11) is 0. The van der Waals surface area contributed by atoms with Gasteiger partial charge in [-0.2, -0.15) is 0 Å². The highest BCUT2D eigenvalue weighted by Crippen LogP contribution is 1.95. The minimum Gasteiger partial charge on any atom is -0.476 e. The Bertz CT molecular complexity index is 642. The van der Waals surface area contributed by atoms with Crippen molar-refractivity contribution in [1.82, 2.24) is 0 Å². The fourth-order valence-electron chi connectivity index (χ4n) is 2.74. The number of carboxylic acids is 1. The molecule has 0 atom stereocenters. The van der Waals surface area contributed by atoms with Crippen molar-refractivity contribution < 1.29 is 71.6 Å². The smallest absolute Gasteiger partial charge is 0.372 e. The van der Waals surface area contributed by atoms with E-state index in [2.05, 4.69) is 15.9 Å². The maximum absolute atomic E-state index is 11.3. The van der Waals surface area contributed by atoms with E-state index in [1.165, 1.54) is 0 Å². The molecule has 254 valence electrons. The van der Waals surface area contributed by atoms with Crippen molar-refractivity contribution in [2.24, 2.45) is 0 Å². The summed E-state index contributed by atoms with van der Waals surface area (Å²) in [5.41, 5.74) is 0. The van der Waals surface area contributed by atoms with Crippen LogP contribution in [-0.4, -0.2) is 167 Å². The number of hydrogen-bond donors (Lipinski definition) is 1. The van der Waals surface area contributed by atoms with Gasteiger partial charge in [-0.1, -0.05) is 15.9 Å². The Morgan fingerprint density at radius 2 is 0.651 bits per heavy atom. The molecule has 0 amide bonds. The van der Waals surface area contributed by atoms with Crippen LogP contribution in [0, 0.1) is 0 Å². The molecule has 0 spiro atoms. The molecule has 0 saturated heterocycles. The highest BCUT2D eigenvalue weighted by molar-refractivity contribution is 9.09. The Kier molecular flexibility index (Phi) is 34.1. The number of esters is 1. The molecule has 0 aromatic rings. The lowest BCUT2D eigenvalue weighted by atomic mass is 10.2. The first kappa shape index (κ1) is 41.7. The lowest BCUT2D eigenvalue weighted by Crippen LogP contribution is -2.17. The zero-order valence-electron chi connectivity index (χ0n) is 25.0. The second kappa shape index (κ2) is 35.2. The van der Waals surface area contributed by atoms with Crippen molar-refractivity contribution in [3.05, 3.63) is 0 Å². The largest absolute Gasteiger partial charge is 0.476 e. The van der Waals surface area contributed by atoms with Gasteiger partial charge >= 0.3 is 11.9 Å². The van der Waals surface area contributed by atoms with Gasteiger partial charge in [-0.15, -0.1) is 0 Å². The molecule has 0 rings (SSSR count). The van der Waals surface area contributed by atoms with Crippen LogP contribution in [0.3, 0.4) is 0 Å². The Hall–Kier alpha value is -1.31. The van der Waals surface area contributed by atoms with Crippen molar-refractivity contribution in [2.45, 2.75) is 12.8 Å². The third kappa shape index (κ3) is 35.0. The third-order valence-corrected chi connectivity index (χ3v) is 5.18. The van der Waals surface area contributed by atoms with Gasteiger partial charge in [0.25, 0.3) is 0 Å². The van der Waals surface area contributed by atoms with Crippen LogP contribution in [0.25, 0.3) is 0 Å². The highest BCUT2D eigenvalue weighted by Gasteiger charge is 2.14. The lowest BCUT2D eigenvalue weighted by Gasteiger charge is -2.09. The molecule has 0 aromatic carbocycles. The van der Waals surface area contributed by atoms with Gasteiger partial charge in [-0.3, -0.25) is 9.59 Å². The molecule has 1 N–H and O–H groups in total. The lowest BCUT2D eigenvalue weighted by molar-refractivity contribution is -0.151. The van der Waals surface area contributed by atoms with Crippen molar-refractivity contribution in [3.63, 3.8) is 0 Å². The topological polar surface area (TPSA) is 173 Å². The fourth-order valence-corrected chi connectivity index (χ4v) is 2.97. The minimum atomic E-state index is -1.56. The standard InChI is InChI=1S/C27H49BrO15/c28-3-4-33-5-6-34-7-8-35-9-10-36-11-12-37-13-14-38-15-16-39-17-18-40-19-20-41-21-22-42-23-24-43-26(30)2-1-25(29)27(31)32/h1-24H2,(H,31,32). The van der Waals surface area contributed by atoms with Gasteiger partial charge in [0.05, 0.1) is 139 Å². The number of halogens is 1. The summed E-state index contributed by atoms with van der Waals surface area (Å²) < 4.78 is 58.6. The monoisotopic (exact) mass is 692 g/mol.